The molecule has 0 saturated heterocycles. The second-order valence-corrected chi connectivity index (χ2v) is 1.21. The number of hydrogen-bond acceptors (Lipinski definition) is 2. The molecule has 0 radical (unpaired) electrons. The molecule has 0 aliphatic carbocycles. The molecule has 2 nitrogen and oxygen atoms in total. The van der Waals surface area contributed by atoms with Crippen LogP contribution in [0.2, 0.25) is 0 Å². The van der Waals surface area contributed by atoms with E-state index in [1.807, 2.05) is 0 Å². The molecule has 0 amide bonds. The van der Waals surface area contributed by atoms with Crippen LogP contribution in [0.5, 0.6) is 5.75 Å². The van der Waals surface area contributed by atoms with Crippen molar-refractivity contribution in [1.82, 2.24) is 4.98 Å². The van der Waals surface area contributed by atoms with E-state index in [0.29, 0.717) is 0 Å². The monoisotopic (exact) mass is 119 g/mol. The molecule has 0 aliphatic heterocycles. The second-order valence-electron chi connectivity index (χ2n) is 1.21. The fourth-order valence-electron chi connectivity index (χ4n) is 0.354. The third kappa shape index (κ3) is 2.31. The van der Waals surface area contributed by atoms with Crippen molar-refractivity contribution in [2.24, 2.45) is 0 Å². The molecule has 0 atom stereocenters. The zero-order valence-corrected chi connectivity index (χ0v) is 3.70. The van der Waals surface area contributed by atoms with E-state index in [-0.39, 0.29) is 35.3 Å². The number of aromatic hydroxyl groups is 1. The Morgan fingerprint density at radius 3 is 2.50 bits per heavy atom. The van der Waals surface area contributed by atoms with Gasteiger partial charge in [0.25, 0.3) is 0 Å². The fourth-order valence-corrected chi connectivity index (χ4v) is 0.354. The first-order valence-corrected chi connectivity index (χ1v) is 1.98. The predicted octanol–water partition coefficient (Wildman–Crippen LogP) is 0.139. The normalized spacial score (nSPS) is 7.50. The van der Waals surface area contributed by atoms with Crippen LogP contribution >= 0.6 is 0 Å². The first-order valence-electron chi connectivity index (χ1n) is 1.98. The van der Waals surface area contributed by atoms with E-state index in [2.05, 4.69) is 4.98 Å². The molecule has 3 heteroatoms. The average Bonchev–Trinajstić information content (AvgIpc) is 1.69. The Balaban J connectivity index is 0.000000490. The summed E-state index contributed by atoms with van der Waals surface area (Å²) in [5.41, 5.74) is 0. The van der Waals surface area contributed by atoms with Crippen LogP contribution in [0.1, 0.15) is 0 Å². The molecule has 1 heterocycles. The van der Waals surface area contributed by atoms with E-state index in [0.717, 1.165) is 0 Å². The fraction of sp³-hybridized carbons (Fsp3) is 0. The predicted molar refractivity (Wildman–Crippen MR) is 33.1 cm³/mol. The number of aromatic nitrogens is 1. The van der Waals surface area contributed by atoms with Crippen molar-refractivity contribution in [1.29, 1.82) is 0 Å². The average molecular weight is 119 g/mol. The number of nitrogens with zero attached hydrogens (tertiary/aromatic N) is 1. The van der Waals surface area contributed by atoms with Gasteiger partial charge in [0.05, 0.1) is 6.20 Å². The van der Waals surface area contributed by atoms with E-state index < -0.39 is 0 Å². The van der Waals surface area contributed by atoms with Crippen LogP contribution in [0.4, 0.5) is 0 Å². The molecule has 1 aromatic heterocycles. The number of hydrogen-bond donors (Lipinski definition) is 1. The molecule has 1 aromatic rings. The molecule has 8 heavy (non-hydrogen) atoms. The van der Waals surface area contributed by atoms with Gasteiger partial charge in [0.15, 0.2) is 0 Å². The summed E-state index contributed by atoms with van der Waals surface area (Å²) in [7, 11) is 0. The van der Waals surface area contributed by atoms with Crippen LogP contribution in [0, 0.1) is 0 Å². The summed E-state index contributed by atoms with van der Waals surface area (Å²) >= 11 is 0. The van der Waals surface area contributed by atoms with E-state index in [1.54, 1.807) is 18.3 Å². The minimum absolute atomic E-state index is 0. The minimum atomic E-state index is 0. The van der Waals surface area contributed by atoms with Crippen molar-refractivity contribution < 1.29 is 5.11 Å². The number of rotatable bonds is 0. The number of pyridine rings is 1. The van der Waals surface area contributed by atoms with E-state index in [1.165, 1.54) is 6.20 Å². The maximum absolute atomic E-state index is 8.57. The SMILES string of the molecule is Oc1cccnc1.[NaH]. The molecule has 1 N–H and O–H groups in total. The van der Waals surface area contributed by atoms with E-state index >= 15 is 0 Å². The van der Waals surface area contributed by atoms with Gasteiger partial charge >= 0.3 is 29.6 Å². The van der Waals surface area contributed by atoms with Crippen LogP contribution in [0.15, 0.2) is 24.5 Å². The van der Waals surface area contributed by atoms with Gasteiger partial charge in [0.1, 0.15) is 5.75 Å². The van der Waals surface area contributed by atoms with Crippen LogP contribution in [0.3, 0.4) is 0 Å². The summed E-state index contributed by atoms with van der Waals surface area (Å²) in [6.45, 7) is 0. The Morgan fingerprint density at radius 1 is 1.50 bits per heavy atom. The Morgan fingerprint density at radius 2 is 2.25 bits per heavy atom. The van der Waals surface area contributed by atoms with Crippen molar-refractivity contribution in [2.75, 3.05) is 0 Å². The van der Waals surface area contributed by atoms with E-state index in [9.17, 15) is 0 Å². The van der Waals surface area contributed by atoms with Gasteiger partial charge in [-0.25, -0.2) is 0 Å². The summed E-state index contributed by atoms with van der Waals surface area (Å²) in [6, 6.07) is 3.25. The molecule has 0 fully saturated rings. The summed E-state index contributed by atoms with van der Waals surface area (Å²) < 4.78 is 0. The van der Waals surface area contributed by atoms with Gasteiger partial charge in [-0.1, -0.05) is 0 Å². The molecular formula is C5H6NNaO. The van der Waals surface area contributed by atoms with Crippen molar-refractivity contribution >= 4 is 29.6 Å². The molecule has 0 bridgehead atoms. The quantitative estimate of drug-likeness (QED) is 0.493. The molecule has 0 aliphatic rings. The Labute approximate surface area is 69.9 Å². The third-order valence-corrected chi connectivity index (χ3v) is 0.646. The molecule has 0 saturated carbocycles. The van der Waals surface area contributed by atoms with Crippen molar-refractivity contribution in [2.45, 2.75) is 0 Å². The third-order valence-electron chi connectivity index (χ3n) is 0.646. The second kappa shape index (κ2) is 3.89. The summed E-state index contributed by atoms with van der Waals surface area (Å²) in [5.74, 6) is 0.211. The standard InChI is InChI=1S/C5H5NO.Na.H/c7-5-2-1-3-6-4-5;;/h1-4,7H;;. The van der Waals surface area contributed by atoms with Gasteiger partial charge in [-0.15, -0.1) is 0 Å². The maximum atomic E-state index is 8.57. The Kier molecular flexibility index (Phi) is 3.87. The van der Waals surface area contributed by atoms with Crippen LogP contribution in [-0.2, 0) is 0 Å². The first kappa shape index (κ1) is 7.95. The topological polar surface area (TPSA) is 33.1 Å². The van der Waals surface area contributed by atoms with Gasteiger partial charge in [-0.2, -0.15) is 0 Å². The summed E-state index contributed by atoms with van der Waals surface area (Å²) in [6.07, 6.45) is 3.00. The zero-order valence-electron chi connectivity index (χ0n) is 3.70. The van der Waals surface area contributed by atoms with Gasteiger partial charge in [0, 0.05) is 6.20 Å². The summed E-state index contributed by atoms with van der Waals surface area (Å²) in [4.78, 5) is 3.63. The van der Waals surface area contributed by atoms with Crippen LogP contribution in [-0.4, -0.2) is 39.6 Å². The van der Waals surface area contributed by atoms with Gasteiger partial charge in [0.2, 0.25) is 0 Å². The Bertz CT molecular complexity index is 142. The molecule has 0 unspecified atom stereocenters. The molecule has 0 aromatic carbocycles. The van der Waals surface area contributed by atoms with Gasteiger partial charge in [-0.3, -0.25) is 4.98 Å². The van der Waals surface area contributed by atoms with Crippen LogP contribution < -0.4 is 0 Å². The van der Waals surface area contributed by atoms with Gasteiger partial charge < -0.3 is 5.11 Å². The molecule has 0 spiro atoms. The zero-order chi connectivity index (χ0) is 5.11. The van der Waals surface area contributed by atoms with Crippen molar-refractivity contribution in [3.05, 3.63) is 24.5 Å². The summed E-state index contributed by atoms with van der Waals surface area (Å²) in [5, 5.41) is 8.57. The Hall–Kier alpha value is -0.0500. The van der Waals surface area contributed by atoms with Crippen molar-refractivity contribution in [3.63, 3.8) is 0 Å². The molecular weight excluding hydrogens is 113 g/mol. The van der Waals surface area contributed by atoms with Crippen molar-refractivity contribution in [3.8, 4) is 5.75 Å². The van der Waals surface area contributed by atoms with Crippen LogP contribution in [0.25, 0.3) is 0 Å². The van der Waals surface area contributed by atoms with Gasteiger partial charge in [-0.05, 0) is 12.1 Å². The molecule has 38 valence electrons. The van der Waals surface area contributed by atoms with E-state index in [4.69, 9.17) is 5.11 Å². The first-order chi connectivity index (χ1) is 3.39. The molecule has 1 rings (SSSR count).